The zero-order valence-corrected chi connectivity index (χ0v) is 11.0. The molecule has 0 atom stereocenters. The predicted octanol–water partition coefficient (Wildman–Crippen LogP) is 1.32. The van der Waals surface area contributed by atoms with Crippen molar-refractivity contribution in [2.24, 2.45) is 0 Å². The fourth-order valence-electron chi connectivity index (χ4n) is 2.10. The van der Waals surface area contributed by atoms with Crippen LogP contribution in [0.15, 0.2) is 0 Å². The third-order valence-electron chi connectivity index (χ3n) is 3.13. The maximum absolute atomic E-state index is 13.0. The van der Waals surface area contributed by atoms with E-state index in [1.54, 1.807) is 13.8 Å². The van der Waals surface area contributed by atoms with Crippen LogP contribution in [0.2, 0.25) is 0 Å². The van der Waals surface area contributed by atoms with E-state index < -0.39 is 18.0 Å². The first kappa shape index (κ1) is 14.5. The lowest BCUT2D eigenvalue weighted by atomic mass is 10.0. The quantitative estimate of drug-likeness (QED) is 0.781. The molecule has 1 aromatic rings. The fraction of sp³-hybridized carbons (Fsp3) is 0.583. The Morgan fingerprint density at radius 3 is 2.50 bits per heavy atom. The monoisotopic (exact) mass is 288 g/mol. The van der Waals surface area contributed by atoms with E-state index in [2.05, 4.69) is 9.97 Å². The van der Waals surface area contributed by atoms with Gasteiger partial charge in [0.15, 0.2) is 5.69 Å². The molecular formula is C12H13F3N3O2-. The minimum atomic E-state index is -4.57. The summed E-state index contributed by atoms with van der Waals surface area (Å²) in [6.45, 7) is 3.13. The number of amides is 1. The molecule has 0 radical (unpaired) electrons. The molecule has 8 heteroatoms. The Balaban J connectivity index is 2.53. The van der Waals surface area contributed by atoms with Crippen molar-refractivity contribution < 1.29 is 23.1 Å². The number of carbonyl (C=O) groups excluding carboxylic acids is 1. The first-order chi connectivity index (χ1) is 9.20. The van der Waals surface area contributed by atoms with E-state index in [-0.39, 0.29) is 42.5 Å². The van der Waals surface area contributed by atoms with Gasteiger partial charge in [0, 0.05) is 18.0 Å². The van der Waals surface area contributed by atoms with E-state index >= 15 is 0 Å². The molecule has 20 heavy (non-hydrogen) atoms. The molecule has 0 aliphatic carbocycles. The van der Waals surface area contributed by atoms with Gasteiger partial charge in [0.25, 0.3) is 0 Å². The second kappa shape index (κ2) is 4.92. The third kappa shape index (κ3) is 2.68. The third-order valence-corrected chi connectivity index (χ3v) is 3.13. The van der Waals surface area contributed by atoms with Crippen molar-refractivity contribution in [3.8, 4) is 0 Å². The number of alkyl halides is 3. The largest absolute Gasteiger partial charge is 0.530 e. The molecule has 2 heterocycles. The Kier molecular flexibility index (Phi) is 3.58. The molecule has 5 nitrogen and oxygen atoms in total. The van der Waals surface area contributed by atoms with Crippen LogP contribution in [-0.2, 0) is 19.1 Å². The van der Waals surface area contributed by atoms with Gasteiger partial charge in [0.05, 0.1) is 12.2 Å². The van der Waals surface area contributed by atoms with E-state index in [1.165, 1.54) is 0 Å². The van der Waals surface area contributed by atoms with Gasteiger partial charge in [-0.1, -0.05) is 13.8 Å². The number of rotatable bonds is 1. The Morgan fingerprint density at radius 2 is 2.00 bits per heavy atom. The van der Waals surface area contributed by atoms with Gasteiger partial charge in [0.1, 0.15) is 11.9 Å². The van der Waals surface area contributed by atoms with Crippen LogP contribution in [0.3, 0.4) is 0 Å². The average Bonchev–Trinajstić information content (AvgIpc) is 2.35. The Morgan fingerprint density at radius 1 is 1.35 bits per heavy atom. The molecule has 1 aliphatic heterocycles. The summed E-state index contributed by atoms with van der Waals surface area (Å²) >= 11 is 0. The van der Waals surface area contributed by atoms with Crippen LogP contribution in [0.25, 0.3) is 0 Å². The highest BCUT2D eigenvalue weighted by atomic mass is 19.4. The van der Waals surface area contributed by atoms with Gasteiger partial charge >= 0.3 is 6.18 Å². The number of hydrogen-bond acceptors (Lipinski definition) is 4. The van der Waals surface area contributed by atoms with E-state index in [0.717, 1.165) is 4.90 Å². The van der Waals surface area contributed by atoms with Crippen molar-refractivity contribution in [2.75, 3.05) is 6.54 Å². The van der Waals surface area contributed by atoms with Gasteiger partial charge in [-0.2, -0.15) is 13.2 Å². The van der Waals surface area contributed by atoms with Crippen LogP contribution in [0.4, 0.5) is 18.0 Å². The normalized spacial score (nSPS) is 15.4. The van der Waals surface area contributed by atoms with Gasteiger partial charge in [-0.05, 0) is 6.42 Å². The molecule has 2 rings (SSSR count). The number of nitrogens with zero attached hydrogens (tertiary/aromatic N) is 3. The van der Waals surface area contributed by atoms with Crippen LogP contribution < -0.4 is 5.11 Å². The molecule has 0 saturated carbocycles. The van der Waals surface area contributed by atoms with E-state index in [0.29, 0.717) is 0 Å². The summed E-state index contributed by atoms with van der Waals surface area (Å²) in [5.74, 6) is -0.212. The number of aromatic nitrogens is 2. The summed E-state index contributed by atoms with van der Waals surface area (Å²) < 4.78 is 39.1. The topological polar surface area (TPSA) is 69.2 Å². The molecule has 0 bridgehead atoms. The molecule has 110 valence electrons. The highest BCUT2D eigenvalue weighted by molar-refractivity contribution is 5.63. The lowest BCUT2D eigenvalue weighted by Crippen LogP contribution is -2.44. The molecular weight excluding hydrogens is 275 g/mol. The Hall–Kier alpha value is -1.86. The first-order valence-corrected chi connectivity index (χ1v) is 6.13. The fourth-order valence-corrected chi connectivity index (χ4v) is 2.10. The van der Waals surface area contributed by atoms with Gasteiger partial charge in [-0.25, -0.2) is 9.97 Å². The molecule has 0 spiro atoms. The van der Waals surface area contributed by atoms with Crippen molar-refractivity contribution >= 4 is 6.09 Å². The minimum absolute atomic E-state index is 0.0144. The van der Waals surface area contributed by atoms with Crippen molar-refractivity contribution in [3.05, 3.63) is 22.8 Å². The summed E-state index contributed by atoms with van der Waals surface area (Å²) in [4.78, 5) is 19.4. The van der Waals surface area contributed by atoms with Gasteiger partial charge in [-0.15, -0.1) is 0 Å². The smallest absolute Gasteiger partial charge is 0.433 e. The van der Waals surface area contributed by atoms with Crippen LogP contribution in [0.5, 0.6) is 0 Å². The molecule has 0 fully saturated rings. The highest BCUT2D eigenvalue weighted by Gasteiger charge is 2.38. The van der Waals surface area contributed by atoms with E-state index in [1.807, 2.05) is 0 Å². The number of carbonyl (C=O) groups is 1. The minimum Gasteiger partial charge on any atom is -0.530 e. The number of halogens is 3. The summed E-state index contributed by atoms with van der Waals surface area (Å²) in [7, 11) is 0. The maximum atomic E-state index is 13.0. The first-order valence-electron chi connectivity index (χ1n) is 6.13. The number of carboxylic acid groups (broad SMARTS) is 1. The average molecular weight is 288 g/mol. The molecule has 1 aromatic heterocycles. The number of fused-ring (bicyclic) bond motifs is 1. The Labute approximate surface area is 113 Å². The van der Waals surface area contributed by atoms with Gasteiger partial charge in [-0.3, -0.25) is 0 Å². The van der Waals surface area contributed by atoms with Crippen molar-refractivity contribution in [1.29, 1.82) is 0 Å². The molecule has 1 aliphatic rings. The van der Waals surface area contributed by atoms with Crippen LogP contribution in [-0.4, -0.2) is 27.5 Å². The standard InChI is InChI=1S/C12H14F3N3O2/c1-6(2)10-16-8-5-18(11(19)20)4-3-7(8)9(17-10)12(13,14)15/h6H,3-5H2,1-2H3,(H,19,20)/p-1. The molecule has 0 unspecified atom stereocenters. The molecule has 0 saturated heterocycles. The Bertz CT molecular complexity index is 543. The van der Waals surface area contributed by atoms with Crippen molar-refractivity contribution in [2.45, 2.75) is 38.9 Å². The van der Waals surface area contributed by atoms with Crippen molar-refractivity contribution in [3.63, 3.8) is 0 Å². The van der Waals surface area contributed by atoms with E-state index in [9.17, 15) is 23.1 Å². The zero-order valence-electron chi connectivity index (χ0n) is 11.0. The van der Waals surface area contributed by atoms with Crippen molar-refractivity contribution in [1.82, 2.24) is 14.9 Å². The molecule has 0 N–H and O–H groups in total. The predicted molar refractivity (Wildman–Crippen MR) is 60.6 cm³/mol. The summed E-state index contributed by atoms with van der Waals surface area (Å²) in [5, 5.41) is 10.8. The molecule has 0 aromatic carbocycles. The summed E-state index contributed by atoms with van der Waals surface area (Å²) in [5.41, 5.74) is -0.852. The van der Waals surface area contributed by atoms with Crippen LogP contribution in [0, 0.1) is 0 Å². The van der Waals surface area contributed by atoms with E-state index in [4.69, 9.17) is 0 Å². The van der Waals surface area contributed by atoms with Gasteiger partial charge < -0.3 is 14.8 Å². The second-order valence-corrected chi connectivity index (χ2v) is 4.95. The lowest BCUT2D eigenvalue weighted by Gasteiger charge is -2.31. The summed E-state index contributed by atoms with van der Waals surface area (Å²) in [6, 6.07) is 0. The highest BCUT2D eigenvalue weighted by Crippen LogP contribution is 2.34. The number of hydrogen-bond donors (Lipinski definition) is 0. The molecule has 1 amide bonds. The SMILES string of the molecule is CC(C)c1nc2c(c(C(F)(F)F)n1)CCN(C(=O)[O-])C2. The van der Waals surface area contributed by atoms with Crippen LogP contribution >= 0.6 is 0 Å². The maximum Gasteiger partial charge on any atom is 0.433 e. The summed E-state index contributed by atoms with van der Waals surface area (Å²) in [6.07, 6.45) is -6.04. The second-order valence-electron chi connectivity index (χ2n) is 4.95. The van der Waals surface area contributed by atoms with Crippen LogP contribution in [0.1, 0.15) is 42.5 Å². The van der Waals surface area contributed by atoms with Gasteiger partial charge in [0.2, 0.25) is 0 Å². The lowest BCUT2D eigenvalue weighted by molar-refractivity contribution is -0.266. The zero-order chi connectivity index (χ0) is 15.1.